The second-order valence-electron chi connectivity index (χ2n) is 4.77. The molecule has 0 saturated carbocycles. The Morgan fingerprint density at radius 2 is 2.24 bits per heavy atom. The van der Waals surface area contributed by atoms with Crippen molar-refractivity contribution in [2.24, 2.45) is 0 Å². The first-order chi connectivity index (χ1) is 9.84. The molecule has 1 fully saturated rings. The number of nitrogens with one attached hydrogen (secondary N) is 1. The molecule has 1 saturated heterocycles. The molecule has 7 nitrogen and oxygen atoms in total. The van der Waals surface area contributed by atoms with Crippen molar-refractivity contribution in [3.63, 3.8) is 0 Å². The molecule has 21 heavy (non-hydrogen) atoms. The summed E-state index contributed by atoms with van der Waals surface area (Å²) >= 11 is 1.09. The fourth-order valence-corrected chi connectivity index (χ4v) is 4.96. The molecular formula is C12H16N2O5S2. The van der Waals surface area contributed by atoms with E-state index >= 15 is 0 Å². The number of nitrogens with zero attached hydrogens (tertiary/aromatic N) is 1. The van der Waals surface area contributed by atoms with E-state index in [-0.39, 0.29) is 10.8 Å². The van der Waals surface area contributed by atoms with E-state index in [1.54, 1.807) is 11.4 Å². The zero-order chi connectivity index (χ0) is 15.6. The lowest BCUT2D eigenvalue weighted by atomic mass is 10.2. The Morgan fingerprint density at radius 3 is 2.81 bits per heavy atom. The van der Waals surface area contributed by atoms with E-state index in [9.17, 15) is 18.0 Å². The Hall–Kier alpha value is -1.45. The molecule has 1 amide bonds. The Bertz CT molecular complexity index is 626. The molecule has 1 aliphatic rings. The number of rotatable bonds is 5. The molecular weight excluding hydrogens is 316 g/mol. The normalized spacial score (nSPS) is 21.1. The lowest BCUT2D eigenvalue weighted by Gasteiger charge is -2.23. The molecule has 0 spiro atoms. The summed E-state index contributed by atoms with van der Waals surface area (Å²) in [6.45, 7) is 1.60. The molecule has 2 atom stereocenters. The topological polar surface area (TPSA) is 104 Å². The van der Waals surface area contributed by atoms with Crippen molar-refractivity contribution in [2.45, 2.75) is 36.1 Å². The first-order valence-corrected chi connectivity index (χ1v) is 8.74. The molecule has 2 rings (SSSR count). The summed E-state index contributed by atoms with van der Waals surface area (Å²) in [4.78, 5) is 22.9. The summed E-state index contributed by atoms with van der Waals surface area (Å²) in [6.07, 6.45) is 0.965. The number of hydrogen-bond donors (Lipinski definition) is 2. The molecule has 116 valence electrons. The number of hydrogen-bond acceptors (Lipinski definition) is 5. The van der Waals surface area contributed by atoms with Gasteiger partial charge in [0.1, 0.15) is 16.3 Å². The van der Waals surface area contributed by atoms with Crippen LogP contribution in [0.1, 0.15) is 19.8 Å². The van der Waals surface area contributed by atoms with Crippen LogP contribution >= 0.6 is 11.3 Å². The van der Waals surface area contributed by atoms with Gasteiger partial charge in [-0.15, -0.1) is 11.3 Å². The van der Waals surface area contributed by atoms with Crippen molar-refractivity contribution in [1.82, 2.24) is 9.62 Å². The van der Waals surface area contributed by atoms with Crippen molar-refractivity contribution in [2.75, 3.05) is 6.54 Å². The zero-order valence-electron chi connectivity index (χ0n) is 11.4. The van der Waals surface area contributed by atoms with Crippen LogP contribution in [0.4, 0.5) is 0 Å². The van der Waals surface area contributed by atoms with Gasteiger partial charge in [0, 0.05) is 6.54 Å². The van der Waals surface area contributed by atoms with Gasteiger partial charge in [-0.1, -0.05) is 6.07 Å². The highest BCUT2D eigenvalue weighted by Gasteiger charge is 2.40. The van der Waals surface area contributed by atoms with Crippen LogP contribution in [0.5, 0.6) is 0 Å². The Morgan fingerprint density at radius 1 is 1.52 bits per heavy atom. The third-order valence-corrected chi connectivity index (χ3v) is 6.57. The van der Waals surface area contributed by atoms with Crippen molar-refractivity contribution in [3.8, 4) is 0 Å². The minimum Gasteiger partial charge on any atom is -0.480 e. The van der Waals surface area contributed by atoms with Gasteiger partial charge in [0.2, 0.25) is 5.91 Å². The monoisotopic (exact) mass is 332 g/mol. The van der Waals surface area contributed by atoms with Crippen LogP contribution in [0.15, 0.2) is 21.7 Å². The summed E-state index contributed by atoms with van der Waals surface area (Å²) in [7, 11) is -3.70. The predicted octanol–water partition coefficient (Wildman–Crippen LogP) is 0.490. The van der Waals surface area contributed by atoms with Gasteiger partial charge in [-0.05, 0) is 31.2 Å². The Balaban J connectivity index is 2.17. The van der Waals surface area contributed by atoms with Gasteiger partial charge in [0.15, 0.2) is 0 Å². The van der Waals surface area contributed by atoms with Crippen molar-refractivity contribution >= 4 is 33.2 Å². The van der Waals surface area contributed by atoms with Gasteiger partial charge in [-0.25, -0.2) is 8.42 Å². The van der Waals surface area contributed by atoms with Gasteiger partial charge in [0.05, 0.1) is 0 Å². The van der Waals surface area contributed by atoms with E-state index in [4.69, 9.17) is 5.11 Å². The number of aliphatic carboxylic acids is 1. The highest BCUT2D eigenvalue weighted by molar-refractivity contribution is 7.91. The summed E-state index contributed by atoms with van der Waals surface area (Å²) in [5.41, 5.74) is 0. The predicted molar refractivity (Wildman–Crippen MR) is 76.5 cm³/mol. The first kappa shape index (κ1) is 15.9. The second kappa shape index (κ2) is 6.12. The minimum atomic E-state index is -3.70. The van der Waals surface area contributed by atoms with Crippen LogP contribution in [0.2, 0.25) is 0 Å². The lowest BCUT2D eigenvalue weighted by molar-refractivity contribution is -0.141. The maximum Gasteiger partial charge on any atom is 0.325 e. The molecule has 9 heteroatoms. The van der Waals surface area contributed by atoms with Crippen LogP contribution in [0.25, 0.3) is 0 Å². The van der Waals surface area contributed by atoms with Crippen LogP contribution in [-0.2, 0) is 19.6 Å². The molecule has 2 unspecified atom stereocenters. The van der Waals surface area contributed by atoms with Crippen LogP contribution in [0, 0.1) is 0 Å². The Labute approximate surface area is 126 Å². The molecule has 0 aliphatic carbocycles. The molecule has 0 bridgehead atoms. The fourth-order valence-electron chi connectivity index (χ4n) is 2.19. The summed E-state index contributed by atoms with van der Waals surface area (Å²) in [6, 6.07) is 1.23. The number of carboxylic acids is 1. The average molecular weight is 332 g/mol. The summed E-state index contributed by atoms with van der Waals surface area (Å²) in [5.74, 6) is -1.73. The zero-order valence-corrected chi connectivity index (χ0v) is 13.0. The third kappa shape index (κ3) is 3.25. The van der Waals surface area contributed by atoms with E-state index < -0.39 is 34.0 Å². The highest BCUT2D eigenvalue weighted by atomic mass is 32.2. The van der Waals surface area contributed by atoms with Gasteiger partial charge in [-0.3, -0.25) is 9.59 Å². The van der Waals surface area contributed by atoms with Gasteiger partial charge < -0.3 is 10.4 Å². The quantitative estimate of drug-likeness (QED) is 0.817. The van der Waals surface area contributed by atoms with E-state index in [0.717, 1.165) is 15.6 Å². The first-order valence-electron chi connectivity index (χ1n) is 6.42. The standard InChI is InChI=1S/C12H16N2O5S2/c1-8(12(16)17)13-11(15)9-4-2-6-14(9)21(18,19)10-5-3-7-20-10/h3,5,7-9H,2,4,6H2,1H3,(H,13,15)(H,16,17). The van der Waals surface area contributed by atoms with Crippen molar-refractivity contribution in [3.05, 3.63) is 17.5 Å². The smallest absolute Gasteiger partial charge is 0.325 e. The maximum atomic E-state index is 12.5. The number of carboxylic acid groups (broad SMARTS) is 1. The average Bonchev–Trinajstić information content (AvgIpc) is 3.10. The van der Waals surface area contributed by atoms with Crippen molar-refractivity contribution < 1.29 is 23.1 Å². The molecule has 1 aliphatic heterocycles. The lowest BCUT2D eigenvalue weighted by Crippen LogP contribution is -2.49. The maximum absolute atomic E-state index is 12.5. The highest BCUT2D eigenvalue weighted by Crippen LogP contribution is 2.28. The molecule has 0 radical (unpaired) electrons. The molecule has 1 aromatic heterocycles. The summed E-state index contributed by atoms with van der Waals surface area (Å²) < 4.78 is 26.3. The molecule has 2 heterocycles. The van der Waals surface area contributed by atoms with E-state index in [2.05, 4.69) is 5.32 Å². The number of carbonyl (C=O) groups is 2. The fraction of sp³-hybridized carbons (Fsp3) is 0.500. The number of carbonyl (C=O) groups excluding carboxylic acids is 1. The second-order valence-corrected chi connectivity index (χ2v) is 7.84. The number of amides is 1. The number of sulfonamides is 1. The van der Waals surface area contributed by atoms with Gasteiger partial charge in [-0.2, -0.15) is 4.31 Å². The largest absolute Gasteiger partial charge is 0.480 e. The van der Waals surface area contributed by atoms with E-state index in [1.807, 2.05) is 0 Å². The van der Waals surface area contributed by atoms with Crippen molar-refractivity contribution in [1.29, 1.82) is 0 Å². The Kier molecular flexibility index (Phi) is 4.64. The molecule has 0 aromatic carbocycles. The van der Waals surface area contributed by atoms with Crippen LogP contribution < -0.4 is 5.32 Å². The van der Waals surface area contributed by atoms with Crippen LogP contribution in [-0.4, -0.2) is 48.3 Å². The van der Waals surface area contributed by atoms with Crippen LogP contribution in [0.3, 0.4) is 0 Å². The van der Waals surface area contributed by atoms with E-state index in [0.29, 0.717) is 12.8 Å². The number of thiophene rings is 1. The molecule has 2 N–H and O–H groups in total. The minimum absolute atomic E-state index is 0.188. The van der Waals surface area contributed by atoms with Gasteiger partial charge in [0.25, 0.3) is 10.0 Å². The van der Waals surface area contributed by atoms with Gasteiger partial charge >= 0.3 is 5.97 Å². The molecule has 1 aromatic rings. The van der Waals surface area contributed by atoms with E-state index in [1.165, 1.54) is 13.0 Å². The summed E-state index contributed by atoms with van der Waals surface area (Å²) in [5, 5.41) is 12.8. The third-order valence-electron chi connectivity index (χ3n) is 3.29. The SMILES string of the molecule is CC(NC(=O)C1CCCN1S(=O)(=O)c1cccs1)C(=O)O.